The maximum atomic E-state index is 12.7. The van der Waals surface area contributed by atoms with Gasteiger partial charge in [-0.15, -0.1) is 11.3 Å². The number of imidazole rings is 1. The molecule has 5 aromatic rings. The summed E-state index contributed by atoms with van der Waals surface area (Å²) < 4.78 is 4.27. The zero-order valence-electron chi connectivity index (χ0n) is 16.8. The zero-order valence-corrected chi connectivity index (χ0v) is 17.6. The number of hydrogen-bond donors (Lipinski definition) is 1. The van der Waals surface area contributed by atoms with E-state index >= 15 is 0 Å². The zero-order chi connectivity index (χ0) is 21.4. The van der Waals surface area contributed by atoms with Crippen molar-refractivity contribution >= 4 is 44.3 Å². The summed E-state index contributed by atoms with van der Waals surface area (Å²) in [4.78, 5) is 34.3. The van der Waals surface area contributed by atoms with E-state index in [1.54, 1.807) is 28.2 Å². The van der Waals surface area contributed by atoms with Crippen LogP contribution in [0.2, 0.25) is 0 Å². The standard InChI is InChI=1S/C23H19N5O2S/c1-2-27-17-8-4-5-9-18(17)28(23(27)30)14-21(29)26-20-12-11-15(13-24-20)22-25-16-7-3-6-10-19(16)31-22/h3-13H,2,14H2,1H3,(H,24,26,29). The molecular formula is C23H19N5O2S. The maximum Gasteiger partial charge on any atom is 0.329 e. The van der Waals surface area contributed by atoms with Crippen molar-refractivity contribution in [1.29, 1.82) is 0 Å². The number of aryl methyl sites for hydroxylation is 1. The predicted octanol–water partition coefficient (Wildman–Crippen LogP) is 4.13. The molecule has 0 saturated carbocycles. The Hall–Kier alpha value is -3.78. The molecule has 0 radical (unpaired) electrons. The molecule has 0 aliphatic heterocycles. The molecule has 154 valence electrons. The largest absolute Gasteiger partial charge is 0.329 e. The fourth-order valence-corrected chi connectivity index (χ4v) is 4.60. The van der Waals surface area contributed by atoms with Crippen molar-refractivity contribution < 1.29 is 4.79 Å². The van der Waals surface area contributed by atoms with Crippen LogP contribution < -0.4 is 11.0 Å². The van der Waals surface area contributed by atoms with Crippen LogP contribution in [0.15, 0.2) is 71.7 Å². The first kappa shape index (κ1) is 19.2. The highest BCUT2D eigenvalue weighted by molar-refractivity contribution is 7.21. The van der Waals surface area contributed by atoms with Gasteiger partial charge in [0.2, 0.25) is 5.91 Å². The maximum absolute atomic E-state index is 12.7. The van der Waals surface area contributed by atoms with Gasteiger partial charge in [0, 0.05) is 18.3 Å². The smallest absolute Gasteiger partial charge is 0.309 e. The van der Waals surface area contributed by atoms with E-state index in [9.17, 15) is 9.59 Å². The Balaban J connectivity index is 1.35. The number of thiazole rings is 1. The van der Waals surface area contributed by atoms with Crippen molar-refractivity contribution in [2.24, 2.45) is 0 Å². The minimum absolute atomic E-state index is 0.0757. The lowest BCUT2D eigenvalue weighted by Gasteiger charge is -2.06. The fraction of sp³-hybridized carbons (Fsp3) is 0.130. The van der Waals surface area contributed by atoms with Gasteiger partial charge in [-0.3, -0.25) is 13.9 Å². The minimum Gasteiger partial charge on any atom is -0.309 e. The lowest BCUT2D eigenvalue weighted by atomic mass is 10.3. The number of fused-ring (bicyclic) bond motifs is 2. The first-order valence-corrected chi connectivity index (χ1v) is 10.8. The number of nitrogens with zero attached hydrogens (tertiary/aromatic N) is 4. The molecule has 0 unspecified atom stereocenters. The van der Waals surface area contributed by atoms with E-state index < -0.39 is 0 Å². The van der Waals surface area contributed by atoms with Crippen LogP contribution in [-0.4, -0.2) is 25.0 Å². The molecule has 0 bridgehead atoms. The number of nitrogens with one attached hydrogen (secondary N) is 1. The summed E-state index contributed by atoms with van der Waals surface area (Å²) in [6.45, 7) is 2.38. The number of anilines is 1. The predicted molar refractivity (Wildman–Crippen MR) is 123 cm³/mol. The summed E-state index contributed by atoms with van der Waals surface area (Å²) in [5, 5.41) is 3.66. The van der Waals surface area contributed by atoms with Crippen LogP contribution in [0.1, 0.15) is 6.92 Å². The van der Waals surface area contributed by atoms with Crippen LogP contribution in [0.5, 0.6) is 0 Å². The van der Waals surface area contributed by atoms with Gasteiger partial charge in [-0.2, -0.15) is 0 Å². The lowest BCUT2D eigenvalue weighted by Crippen LogP contribution is -2.29. The van der Waals surface area contributed by atoms with Gasteiger partial charge >= 0.3 is 5.69 Å². The number of pyridine rings is 1. The second kappa shape index (κ2) is 7.81. The molecule has 1 amide bonds. The van der Waals surface area contributed by atoms with Gasteiger partial charge in [0.25, 0.3) is 0 Å². The highest BCUT2D eigenvalue weighted by atomic mass is 32.1. The van der Waals surface area contributed by atoms with E-state index in [0.29, 0.717) is 12.4 Å². The molecule has 2 aromatic carbocycles. The molecule has 3 heterocycles. The van der Waals surface area contributed by atoms with Crippen LogP contribution in [-0.2, 0) is 17.9 Å². The normalized spacial score (nSPS) is 11.3. The van der Waals surface area contributed by atoms with Crippen LogP contribution >= 0.6 is 11.3 Å². The monoisotopic (exact) mass is 429 g/mol. The summed E-state index contributed by atoms with van der Waals surface area (Å²) >= 11 is 1.60. The van der Waals surface area contributed by atoms with Crippen molar-refractivity contribution in [3.63, 3.8) is 0 Å². The highest BCUT2D eigenvalue weighted by Gasteiger charge is 2.15. The minimum atomic E-state index is -0.304. The third kappa shape index (κ3) is 3.51. The molecule has 0 aliphatic rings. The number of rotatable bonds is 5. The SMILES string of the molecule is CCn1c(=O)n(CC(=O)Nc2ccc(-c3nc4ccccc4s3)cn2)c2ccccc21. The molecule has 0 spiro atoms. The summed E-state index contributed by atoms with van der Waals surface area (Å²) in [6, 6.07) is 19.1. The van der Waals surface area contributed by atoms with E-state index in [1.807, 2.05) is 61.5 Å². The van der Waals surface area contributed by atoms with Crippen LogP contribution in [0.3, 0.4) is 0 Å². The van der Waals surface area contributed by atoms with Gasteiger partial charge in [0.1, 0.15) is 17.4 Å². The number of carbonyl (C=O) groups is 1. The quantitative estimate of drug-likeness (QED) is 0.455. The topological polar surface area (TPSA) is 81.8 Å². The average Bonchev–Trinajstić information content (AvgIpc) is 3.33. The van der Waals surface area contributed by atoms with Crippen LogP contribution in [0.4, 0.5) is 5.82 Å². The Morgan fingerprint density at radius 2 is 1.74 bits per heavy atom. The van der Waals surface area contributed by atoms with Crippen molar-refractivity contribution in [2.45, 2.75) is 20.0 Å². The van der Waals surface area contributed by atoms with Crippen LogP contribution in [0.25, 0.3) is 31.8 Å². The molecule has 3 aromatic heterocycles. The van der Waals surface area contributed by atoms with E-state index in [2.05, 4.69) is 15.3 Å². The average molecular weight is 430 g/mol. The molecule has 0 atom stereocenters. The summed E-state index contributed by atoms with van der Waals surface area (Å²) in [5.41, 5.74) is 3.21. The first-order chi connectivity index (χ1) is 15.1. The Morgan fingerprint density at radius 1 is 1.00 bits per heavy atom. The lowest BCUT2D eigenvalue weighted by molar-refractivity contribution is -0.116. The number of carbonyl (C=O) groups excluding carboxylic acids is 1. The Morgan fingerprint density at radius 3 is 2.45 bits per heavy atom. The Bertz CT molecular complexity index is 1430. The molecule has 0 fully saturated rings. The molecular weight excluding hydrogens is 410 g/mol. The first-order valence-electron chi connectivity index (χ1n) is 9.94. The van der Waals surface area contributed by atoms with Gasteiger partial charge < -0.3 is 5.32 Å². The number of amides is 1. The van der Waals surface area contributed by atoms with Crippen molar-refractivity contribution in [3.8, 4) is 10.6 Å². The van der Waals surface area contributed by atoms with Gasteiger partial charge in [-0.1, -0.05) is 24.3 Å². The van der Waals surface area contributed by atoms with Crippen molar-refractivity contribution in [2.75, 3.05) is 5.32 Å². The molecule has 0 saturated heterocycles. The number of hydrogen-bond acceptors (Lipinski definition) is 5. The molecule has 31 heavy (non-hydrogen) atoms. The fourth-order valence-electron chi connectivity index (χ4n) is 3.65. The second-order valence-electron chi connectivity index (χ2n) is 7.07. The van der Waals surface area contributed by atoms with Crippen molar-refractivity contribution in [3.05, 3.63) is 77.3 Å². The Kier molecular flexibility index (Phi) is 4.83. The summed E-state index contributed by atoms with van der Waals surface area (Å²) in [7, 11) is 0. The van der Waals surface area contributed by atoms with Crippen molar-refractivity contribution in [1.82, 2.24) is 19.1 Å². The Labute approximate surface area is 181 Å². The van der Waals surface area contributed by atoms with Crippen LogP contribution in [0, 0.1) is 0 Å². The van der Waals surface area contributed by atoms with E-state index in [0.717, 1.165) is 31.8 Å². The molecule has 5 rings (SSSR count). The van der Waals surface area contributed by atoms with Gasteiger partial charge in [0.05, 0.1) is 21.3 Å². The van der Waals surface area contributed by atoms with Gasteiger partial charge in [-0.05, 0) is 43.3 Å². The molecule has 1 N–H and O–H groups in total. The van der Waals surface area contributed by atoms with Gasteiger partial charge in [-0.25, -0.2) is 14.8 Å². The summed E-state index contributed by atoms with van der Waals surface area (Å²) in [6.07, 6.45) is 1.70. The highest BCUT2D eigenvalue weighted by Crippen LogP contribution is 2.29. The van der Waals surface area contributed by atoms with E-state index in [4.69, 9.17) is 0 Å². The third-order valence-corrected chi connectivity index (χ3v) is 6.20. The molecule has 7 nitrogen and oxygen atoms in total. The summed E-state index contributed by atoms with van der Waals surface area (Å²) in [5.74, 6) is 0.128. The number of aromatic nitrogens is 4. The van der Waals surface area contributed by atoms with E-state index in [1.165, 1.54) is 4.57 Å². The second-order valence-corrected chi connectivity index (χ2v) is 8.10. The third-order valence-electron chi connectivity index (χ3n) is 5.11. The number of benzene rings is 2. The molecule has 0 aliphatic carbocycles. The van der Waals surface area contributed by atoms with Gasteiger partial charge in [0.15, 0.2) is 0 Å². The van der Waals surface area contributed by atoms with E-state index in [-0.39, 0.29) is 18.1 Å². The number of para-hydroxylation sites is 3. The molecule has 8 heteroatoms.